The Morgan fingerprint density at radius 3 is 2.78 bits per heavy atom. The Balaban J connectivity index is 2.49. The second-order valence-corrected chi connectivity index (χ2v) is 5.16. The number of allylic oxidation sites excluding steroid dienone is 1. The number of aliphatic hydroxyl groups excluding tert-OH is 2. The summed E-state index contributed by atoms with van der Waals surface area (Å²) in [4.78, 5) is 11.6. The maximum absolute atomic E-state index is 11.6. The molecule has 1 rings (SSSR count). The fraction of sp³-hybridized carbons (Fsp3) is 0.769. The van der Waals surface area contributed by atoms with Gasteiger partial charge < -0.3 is 20.3 Å². The van der Waals surface area contributed by atoms with Gasteiger partial charge in [0.25, 0.3) is 0 Å². The molecule has 104 valence electrons. The highest BCUT2D eigenvalue weighted by Gasteiger charge is 2.36. The van der Waals surface area contributed by atoms with Crippen LogP contribution < -0.4 is 5.32 Å². The molecule has 5 heteroatoms. The van der Waals surface area contributed by atoms with E-state index in [1.54, 1.807) is 13.0 Å². The number of aliphatic hydroxyl groups is 2. The van der Waals surface area contributed by atoms with Crippen LogP contribution >= 0.6 is 0 Å². The Kier molecular flexibility index (Phi) is 5.78. The predicted molar refractivity (Wildman–Crippen MR) is 68.0 cm³/mol. The van der Waals surface area contributed by atoms with Gasteiger partial charge in [-0.05, 0) is 25.3 Å². The molecule has 4 atom stereocenters. The van der Waals surface area contributed by atoms with Gasteiger partial charge in [0.05, 0.1) is 18.8 Å². The molecule has 0 aromatic rings. The van der Waals surface area contributed by atoms with E-state index in [0.717, 1.165) is 6.42 Å². The number of amides is 1. The third-order valence-corrected chi connectivity index (χ3v) is 2.98. The number of rotatable bonds is 4. The molecular weight excluding hydrogens is 234 g/mol. The van der Waals surface area contributed by atoms with Gasteiger partial charge in [-0.2, -0.15) is 0 Å². The first-order valence-electron chi connectivity index (χ1n) is 6.36. The molecular formula is C13H23NO4. The molecule has 0 aromatic heterocycles. The molecule has 18 heavy (non-hydrogen) atoms. The molecule has 0 spiro atoms. The zero-order valence-electron chi connectivity index (χ0n) is 11.2. The lowest BCUT2D eigenvalue weighted by Gasteiger charge is -2.36. The van der Waals surface area contributed by atoms with E-state index in [1.807, 2.05) is 0 Å². The van der Waals surface area contributed by atoms with Crippen molar-refractivity contribution in [3.05, 3.63) is 12.2 Å². The summed E-state index contributed by atoms with van der Waals surface area (Å²) in [5.74, 6) is 0.225. The third kappa shape index (κ3) is 4.40. The fourth-order valence-electron chi connectivity index (χ4n) is 1.83. The quantitative estimate of drug-likeness (QED) is 0.629. The summed E-state index contributed by atoms with van der Waals surface area (Å²) in [6.07, 6.45) is 1.83. The van der Waals surface area contributed by atoms with E-state index in [2.05, 4.69) is 19.2 Å². The highest BCUT2D eigenvalue weighted by atomic mass is 16.5. The van der Waals surface area contributed by atoms with Crippen LogP contribution in [-0.2, 0) is 9.53 Å². The van der Waals surface area contributed by atoms with E-state index in [4.69, 9.17) is 4.74 Å². The van der Waals surface area contributed by atoms with Gasteiger partial charge in [-0.25, -0.2) is 0 Å². The first kappa shape index (κ1) is 15.1. The summed E-state index contributed by atoms with van der Waals surface area (Å²) in [5.41, 5.74) is 0. The number of hydrogen-bond acceptors (Lipinski definition) is 4. The molecule has 1 heterocycles. The van der Waals surface area contributed by atoms with Gasteiger partial charge in [0, 0.05) is 0 Å². The summed E-state index contributed by atoms with van der Waals surface area (Å²) in [5, 5.41) is 21.9. The standard InChI is InChI=1S/C13H23NO4/c1-8(2)5-4-6-11(16)14-12-9(3)18-7-10(15)13(12)17/h4,6,8-10,12-13,15,17H,5,7H2,1-3H3,(H,14,16)/b6-4+/t9-,10-,12-,13-/m0/s1. The first-order chi connectivity index (χ1) is 8.41. The summed E-state index contributed by atoms with van der Waals surface area (Å²) < 4.78 is 5.27. The molecule has 1 aliphatic rings. The van der Waals surface area contributed by atoms with Gasteiger partial charge in [0.2, 0.25) is 5.91 Å². The van der Waals surface area contributed by atoms with Gasteiger partial charge in [-0.15, -0.1) is 0 Å². The van der Waals surface area contributed by atoms with Crippen LogP contribution in [0.5, 0.6) is 0 Å². The van der Waals surface area contributed by atoms with Crippen molar-refractivity contribution >= 4 is 5.91 Å². The van der Waals surface area contributed by atoms with Crippen LogP contribution in [0.1, 0.15) is 27.2 Å². The molecule has 1 fully saturated rings. The molecule has 0 bridgehead atoms. The third-order valence-electron chi connectivity index (χ3n) is 2.98. The smallest absolute Gasteiger partial charge is 0.244 e. The fourth-order valence-corrected chi connectivity index (χ4v) is 1.83. The summed E-state index contributed by atoms with van der Waals surface area (Å²) in [7, 11) is 0. The van der Waals surface area contributed by atoms with Crippen molar-refractivity contribution in [3.8, 4) is 0 Å². The van der Waals surface area contributed by atoms with Crippen LogP contribution in [0, 0.1) is 5.92 Å². The van der Waals surface area contributed by atoms with E-state index in [-0.39, 0.29) is 18.6 Å². The van der Waals surface area contributed by atoms with Crippen LogP contribution in [-0.4, -0.2) is 47.1 Å². The minimum Gasteiger partial charge on any atom is -0.388 e. The van der Waals surface area contributed by atoms with E-state index in [9.17, 15) is 15.0 Å². The van der Waals surface area contributed by atoms with Crippen molar-refractivity contribution < 1.29 is 19.7 Å². The lowest BCUT2D eigenvalue weighted by Crippen LogP contribution is -2.59. The Morgan fingerprint density at radius 2 is 2.17 bits per heavy atom. The Bertz CT molecular complexity index is 303. The molecule has 0 saturated carbocycles. The second-order valence-electron chi connectivity index (χ2n) is 5.16. The van der Waals surface area contributed by atoms with E-state index < -0.39 is 18.2 Å². The second kappa shape index (κ2) is 6.87. The monoisotopic (exact) mass is 257 g/mol. The maximum Gasteiger partial charge on any atom is 0.244 e. The van der Waals surface area contributed by atoms with Crippen LogP contribution in [0.3, 0.4) is 0 Å². The van der Waals surface area contributed by atoms with Crippen molar-refractivity contribution in [2.24, 2.45) is 5.92 Å². The molecule has 1 saturated heterocycles. The summed E-state index contributed by atoms with van der Waals surface area (Å²) in [6, 6.07) is -0.579. The number of hydrogen-bond donors (Lipinski definition) is 3. The van der Waals surface area contributed by atoms with E-state index >= 15 is 0 Å². The van der Waals surface area contributed by atoms with Crippen LogP contribution in [0.2, 0.25) is 0 Å². The number of carbonyl (C=O) groups is 1. The lowest BCUT2D eigenvalue weighted by atomic mass is 9.98. The largest absolute Gasteiger partial charge is 0.388 e. The van der Waals surface area contributed by atoms with Gasteiger partial charge in [-0.3, -0.25) is 4.79 Å². The highest BCUT2D eigenvalue weighted by molar-refractivity contribution is 5.87. The first-order valence-corrected chi connectivity index (χ1v) is 6.36. The Labute approximate surface area is 108 Å². The van der Waals surface area contributed by atoms with Gasteiger partial charge in [0.15, 0.2) is 0 Å². The van der Waals surface area contributed by atoms with Gasteiger partial charge in [0.1, 0.15) is 12.2 Å². The molecule has 0 radical (unpaired) electrons. The minimum atomic E-state index is -0.990. The zero-order chi connectivity index (χ0) is 13.7. The molecule has 3 N–H and O–H groups in total. The average Bonchev–Trinajstić information content (AvgIpc) is 2.29. The molecule has 0 aliphatic carbocycles. The van der Waals surface area contributed by atoms with Gasteiger partial charge in [-0.1, -0.05) is 19.9 Å². The molecule has 0 unspecified atom stereocenters. The highest BCUT2D eigenvalue weighted by Crippen LogP contribution is 2.15. The van der Waals surface area contributed by atoms with E-state index in [1.165, 1.54) is 6.08 Å². The van der Waals surface area contributed by atoms with Crippen molar-refractivity contribution in [2.75, 3.05) is 6.61 Å². The average molecular weight is 257 g/mol. The van der Waals surface area contributed by atoms with Crippen molar-refractivity contribution in [3.63, 3.8) is 0 Å². The van der Waals surface area contributed by atoms with Gasteiger partial charge >= 0.3 is 0 Å². The van der Waals surface area contributed by atoms with Crippen molar-refractivity contribution in [1.29, 1.82) is 0 Å². The van der Waals surface area contributed by atoms with Crippen LogP contribution in [0.25, 0.3) is 0 Å². The minimum absolute atomic E-state index is 0.0951. The predicted octanol–water partition coefficient (Wildman–Crippen LogP) is 0.214. The Hall–Kier alpha value is -0.910. The molecule has 5 nitrogen and oxygen atoms in total. The summed E-state index contributed by atoms with van der Waals surface area (Å²) >= 11 is 0. The van der Waals surface area contributed by atoms with Crippen LogP contribution in [0.4, 0.5) is 0 Å². The molecule has 1 aliphatic heterocycles. The number of ether oxygens (including phenoxy) is 1. The summed E-state index contributed by atoms with van der Waals surface area (Å²) in [6.45, 7) is 5.99. The SMILES string of the molecule is CC(C)C/C=C/C(=O)N[C@@H]1[C@@H](O)[C@@H](O)CO[C@H]1C. The topological polar surface area (TPSA) is 78.8 Å². The van der Waals surface area contributed by atoms with E-state index in [0.29, 0.717) is 5.92 Å². The maximum atomic E-state index is 11.6. The van der Waals surface area contributed by atoms with Crippen molar-refractivity contribution in [1.82, 2.24) is 5.32 Å². The van der Waals surface area contributed by atoms with Crippen molar-refractivity contribution in [2.45, 2.75) is 51.5 Å². The molecule has 0 aromatic carbocycles. The molecule has 1 amide bonds. The normalized spacial score (nSPS) is 33.0. The Morgan fingerprint density at radius 1 is 1.50 bits per heavy atom. The number of carbonyl (C=O) groups excluding carboxylic acids is 1. The zero-order valence-corrected chi connectivity index (χ0v) is 11.2. The lowest BCUT2D eigenvalue weighted by molar-refractivity contribution is -0.143. The number of nitrogens with one attached hydrogen (secondary N) is 1. The van der Waals surface area contributed by atoms with Crippen LogP contribution in [0.15, 0.2) is 12.2 Å².